The van der Waals surface area contributed by atoms with Gasteiger partial charge in [-0.1, -0.05) is 24.3 Å². The van der Waals surface area contributed by atoms with Crippen molar-refractivity contribution in [2.75, 3.05) is 20.3 Å². The van der Waals surface area contributed by atoms with E-state index < -0.39 is 0 Å². The third-order valence-electron chi connectivity index (χ3n) is 3.26. The highest BCUT2D eigenvalue weighted by Crippen LogP contribution is 2.29. The molecule has 17 heavy (non-hydrogen) atoms. The molecule has 1 fully saturated rings. The number of benzene rings is 1. The molecule has 1 aliphatic rings. The Hall–Kier alpha value is -0.900. The monoisotopic (exact) mass is 235 g/mol. The maximum absolute atomic E-state index is 9.50. The van der Waals surface area contributed by atoms with Crippen LogP contribution in [0.1, 0.15) is 30.0 Å². The summed E-state index contributed by atoms with van der Waals surface area (Å²) in [6, 6.07) is 8.17. The summed E-state index contributed by atoms with van der Waals surface area (Å²) in [5, 5.41) is 12.9. The van der Waals surface area contributed by atoms with Crippen molar-refractivity contribution in [2.45, 2.75) is 25.5 Å². The van der Waals surface area contributed by atoms with E-state index in [4.69, 9.17) is 4.74 Å². The van der Waals surface area contributed by atoms with Crippen LogP contribution in [0.3, 0.4) is 0 Å². The van der Waals surface area contributed by atoms with Crippen LogP contribution in [0.2, 0.25) is 0 Å². The van der Waals surface area contributed by atoms with Crippen LogP contribution in [-0.4, -0.2) is 25.4 Å². The van der Waals surface area contributed by atoms with Gasteiger partial charge in [0, 0.05) is 7.11 Å². The third-order valence-corrected chi connectivity index (χ3v) is 3.26. The Morgan fingerprint density at radius 1 is 1.41 bits per heavy atom. The molecular weight excluding hydrogens is 214 g/mol. The molecule has 2 N–H and O–H groups in total. The Kier molecular flexibility index (Phi) is 4.54. The van der Waals surface area contributed by atoms with E-state index in [1.165, 1.54) is 12.8 Å². The normalized spacial score (nSPS) is 17.1. The minimum Gasteiger partial charge on any atom is -0.394 e. The van der Waals surface area contributed by atoms with Crippen LogP contribution in [0, 0.1) is 5.92 Å². The van der Waals surface area contributed by atoms with Crippen LogP contribution in [-0.2, 0) is 11.3 Å². The number of hydrogen-bond donors (Lipinski definition) is 2. The molecule has 2 rings (SSSR count). The average Bonchev–Trinajstić information content (AvgIpc) is 3.16. The molecule has 1 unspecified atom stereocenters. The summed E-state index contributed by atoms with van der Waals surface area (Å²) in [6.07, 6.45) is 2.65. The number of hydrogen-bond acceptors (Lipinski definition) is 3. The second-order valence-electron chi connectivity index (χ2n) is 4.72. The smallest absolute Gasteiger partial charge is 0.0716 e. The van der Waals surface area contributed by atoms with Gasteiger partial charge in [-0.25, -0.2) is 0 Å². The highest BCUT2D eigenvalue weighted by Gasteiger charge is 2.23. The number of aliphatic hydroxyl groups excluding tert-OH is 1. The SMILES string of the molecule is COCc1ccccc1C(CO)NCC1CC1. The molecule has 1 aliphatic carbocycles. The number of rotatable bonds is 7. The number of methoxy groups -OCH3 is 1. The Morgan fingerprint density at radius 3 is 2.82 bits per heavy atom. The quantitative estimate of drug-likeness (QED) is 0.758. The van der Waals surface area contributed by atoms with Crippen LogP contribution < -0.4 is 5.32 Å². The molecule has 94 valence electrons. The Balaban J connectivity index is 2.04. The highest BCUT2D eigenvalue weighted by molar-refractivity contribution is 5.29. The van der Waals surface area contributed by atoms with Crippen LogP contribution in [0.25, 0.3) is 0 Å². The van der Waals surface area contributed by atoms with Gasteiger partial charge >= 0.3 is 0 Å². The van der Waals surface area contributed by atoms with Gasteiger partial charge in [0.15, 0.2) is 0 Å². The molecule has 0 aliphatic heterocycles. The minimum absolute atomic E-state index is 0.0296. The van der Waals surface area contributed by atoms with E-state index in [9.17, 15) is 5.11 Å². The van der Waals surface area contributed by atoms with Gasteiger partial charge in [-0.2, -0.15) is 0 Å². The Bertz CT molecular complexity index is 350. The van der Waals surface area contributed by atoms with Crippen molar-refractivity contribution in [1.29, 1.82) is 0 Å². The Morgan fingerprint density at radius 2 is 2.18 bits per heavy atom. The van der Waals surface area contributed by atoms with Crippen molar-refractivity contribution in [3.05, 3.63) is 35.4 Å². The second kappa shape index (κ2) is 6.15. The van der Waals surface area contributed by atoms with E-state index in [1.807, 2.05) is 12.1 Å². The van der Waals surface area contributed by atoms with Gasteiger partial charge in [0.25, 0.3) is 0 Å². The van der Waals surface area contributed by atoms with Crippen LogP contribution >= 0.6 is 0 Å². The van der Waals surface area contributed by atoms with E-state index in [0.29, 0.717) is 6.61 Å². The average molecular weight is 235 g/mol. The first kappa shape index (κ1) is 12.6. The van der Waals surface area contributed by atoms with Crippen molar-refractivity contribution in [1.82, 2.24) is 5.32 Å². The molecule has 0 spiro atoms. The molecule has 0 bridgehead atoms. The van der Waals surface area contributed by atoms with Crippen LogP contribution in [0.4, 0.5) is 0 Å². The minimum atomic E-state index is 0.0296. The lowest BCUT2D eigenvalue weighted by molar-refractivity contribution is 0.181. The van der Waals surface area contributed by atoms with Crippen molar-refractivity contribution in [2.24, 2.45) is 5.92 Å². The van der Waals surface area contributed by atoms with Gasteiger partial charge in [0.2, 0.25) is 0 Å². The zero-order valence-corrected chi connectivity index (χ0v) is 10.4. The summed E-state index contributed by atoms with van der Waals surface area (Å²) in [5.74, 6) is 0.818. The number of nitrogens with one attached hydrogen (secondary N) is 1. The van der Waals surface area contributed by atoms with E-state index in [1.54, 1.807) is 7.11 Å². The molecule has 1 aromatic carbocycles. The highest BCUT2D eigenvalue weighted by atomic mass is 16.5. The molecule has 0 heterocycles. The first-order valence-electron chi connectivity index (χ1n) is 6.26. The maximum atomic E-state index is 9.50. The summed E-state index contributed by atoms with van der Waals surface area (Å²) < 4.78 is 5.19. The molecule has 0 amide bonds. The van der Waals surface area contributed by atoms with Crippen molar-refractivity contribution in [3.63, 3.8) is 0 Å². The van der Waals surface area contributed by atoms with Crippen LogP contribution in [0.15, 0.2) is 24.3 Å². The van der Waals surface area contributed by atoms with E-state index in [-0.39, 0.29) is 12.6 Å². The van der Waals surface area contributed by atoms with Crippen molar-refractivity contribution >= 4 is 0 Å². The van der Waals surface area contributed by atoms with Gasteiger partial charge in [0.05, 0.1) is 19.3 Å². The van der Waals surface area contributed by atoms with E-state index in [0.717, 1.165) is 23.6 Å². The second-order valence-corrected chi connectivity index (χ2v) is 4.72. The lowest BCUT2D eigenvalue weighted by Crippen LogP contribution is -2.27. The van der Waals surface area contributed by atoms with Gasteiger partial charge < -0.3 is 15.2 Å². The molecular formula is C14H21NO2. The van der Waals surface area contributed by atoms with Gasteiger partial charge in [-0.15, -0.1) is 0 Å². The number of ether oxygens (including phenoxy) is 1. The lowest BCUT2D eigenvalue weighted by atomic mass is 10.0. The fraction of sp³-hybridized carbons (Fsp3) is 0.571. The van der Waals surface area contributed by atoms with Gasteiger partial charge in [0.1, 0.15) is 0 Å². The molecule has 1 saturated carbocycles. The lowest BCUT2D eigenvalue weighted by Gasteiger charge is -2.19. The first-order chi connectivity index (χ1) is 8.35. The van der Waals surface area contributed by atoms with E-state index in [2.05, 4.69) is 17.4 Å². The standard InChI is InChI=1S/C14H21NO2/c1-17-10-12-4-2-3-5-13(12)14(9-16)15-8-11-6-7-11/h2-5,11,14-16H,6-10H2,1H3. The van der Waals surface area contributed by atoms with Gasteiger partial charge in [-0.3, -0.25) is 0 Å². The first-order valence-corrected chi connectivity index (χ1v) is 6.26. The number of aliphatic hydroxyl groups is 1. The molecule has 3 heteroatoms. The molecule has 0 saturated heterocycles. The summed E-state index contributed by atoms with van der Waals surface area (Å²) in [4.78, 5) is 0. The Labute approximate surface area is 103 Å². The van der Waals surface area contributed by atoms with Crippen LogP contribution in [0.5, 0.6) is 0 Å². The molecule has 0 aromatic heterocycles. The van der Waals surface area contributed by atoms with E-state index >= 15 is 0 Å². The zero-order valence-electron chi connectivity index (χ0n) is 10.4. The summed E-state index contributed by atoms with van der Waals surface area (Å²) in [6.45, 7) is 1.73. The van der Waals surface area contributed by atoms with Crippen molar-refractivity contribution in [3.8, 4) is 0 Å². The molecule has 1 atom stereocenters. The fourth-order valence-corrected chi connectivity index (χ4v) is 2.06. The zero-order chi connectivity index (χ0) is 12.1. The molecule has 3 nitrogen and oxygen atoms in total. The van der Waals surface area contributed by atoms with Crippen molar-refractivity contribution < 1.29 is 9.84 Å². The van der Waals surface area contributed by atoms with Gasteiger partial charge in [-0.05, 0) is 36.4 Å². The third kappa shape index (κ3) is 3.53. The summed E-state index contributed by atoms with van der Waals surface area (Å²) in [7, 11) is 1.70. The predicted octanol–water partition coefficient (Wildman–Crippen LogP) is 1.87. The molecule has 1 aromatic rings. The maximum Gasteiger partial charge on any atom is 0.0716 e. The largest absolute Gasteiger partial charge is 0.394 e. The summed E-state index contributed by atoms with van der Waals surface area (Å²) >= 11 is 0. The predicted molar refractivity (Wildman–Crippen MR) is 67.7 cm³/mol. The fourth-order valence-electron chi connectivity index (χ4n) is 2.06. The molecule has 0 radical (unpaired) electrons. The summed E-state index contributed by atoms with van der Waals surface area (Å²) in [5.41, 5.74) is 2.30. The topological polar surface area (TPSA) is 41.5 Å².